The van der Waals surface area contributed by atoms with Gasteiger partial charge in [0, 0.05) is 24.9 Å². The van der Waals surface area contributed by atoms with Crippen molar-refractivity contribution in [1.82, 2.24) is 4.90 Å². The van der Waals surface area contributed by atoms with Gasteiger partial charge in [-0.05, 0) is 43.8 Å². The molecule has 2 aromatic carbocycles. The molecule has 0 saturated carbocycles. The largest absolute Gasteiger partial charge is 0.305 e. The van der Waals surface area contributed by atoms with Gasteiger partial charge in [-0.15, -0.1) is 0 Å². The highest BCUT2D eigenvalue weighted by Gasteiger charge is 2.33. The smallest absolute Gasteiger partial charge is 0.296 e. The van der Waals surface area contributed by atoms with Crippen LogP contribution in [-0.2, 0) is 14.3 Å². The van der Waals surface area contributed by atoms with Crippen LogP contribution in [0.4, 0.5) is 4.39 Å². The van der Waals surface area contributed by atoms with Crippen LogP contribution in [0.2, 0.25) is 0 Å². The molecule has 2 unspecified atom stereocenters. The van der Waals surface area contributed by atoms with Gasteiger partial charge in [0.1, 0.15) is 5.82 Å². The van der Waals surface area contributed by atoms with Crippen LogP contribution < -0.4 is 0 Å². The van der Waals surface area contributed by atoms with E-state index in [1.54, 1.807) is 36.4 Å². The Morgan fingerprint density at radius 3 is 2.36 bits per heavy atom. The van der Waals surface area contributed by atoms with E-state index < -0.39 is 10.1 Å². The Labute approximate surface area is 148 Å². The number of aryl methyl sites for hydroxylation is 1. The minimum atomic E-state index is -3.77. The molecule has 4 nitrogen and oxygen atoms in total. The molecule has 25 heavy (non-hydrogen) atoms. The normalized spacial score (nSPS) is 21.6. The molecule has 2 atom stereocenters. The van der Waals surface area contributed by atoms with Gasteiger partial charge in [0.05, 0.1) is 11.5 Å². The lowest BCUT2D eigenvalue weighted by molar-refractivity contribution is 0.245. The molecule has 1 aliphatic heterocycles. The number of likely N-dealkylation sites (N-methyl/N-ethyl adjacent to an activating group) is 1. The molecule has 6 heteroatoms. The van der Waals surface area contributed by atoms with Gasteiger partial charge in [-0.2, -0.15) is 8.42 Å². The molecule has 0 N–H and O–H groups in total. The number of rotatable bonds is 5. The Bertz CT molecular complexity index is 819. The molecule has 0 spiro atoms. The lowest BCUT2D eigenvalue weighted by Crippen LogP contribution is -2.21. The molecule has 3 rings (SSSR count). The van der Waals surface area contributed by atoms with E-state index in [4.69, 9.17) is 4.18 Å². The topological polar surface area (TPSA) is 46.6 Å². The number of nitrogens with zero attached hydrogens (tertiary/aromatic N) is 1. The molecule has 0 aromatic heterocycles. The molecule has 0 aliphatic carbocycles. The van der Waals surface area contributed by atoms with Crippen molar-refractivity contribution in [3.63, 3.8) is 0 Å². The molecule has 2 aromatic rings. The summed E-state index contributed by atoms with van der Waals surface area (Å²) < 4.78 is 43.3. The van der Waals surface area contributed by atoms with E-state index >= 15 is 0 Å². The zero-order valence-electron chi connectivity index (χ0n) is 14.4. The number of hydrogen-bond acceptors (Lipinski definition) is 4. The third kappa shape index (κ3) is 4.26. The molecule has 1 heterocycles. The van der Waals surface area contributed by atoms with Crippen molar-refractivity contribution in [3.05, 3.63) is 65.5 Å². The van der Waals surface area contributed by atoms with Crippen molar-refractivity contribution in [1.29, 1.82) is 0 Å². The first-order chi connectivity index (χ1) is 11.8. The van der Waals surface area contributed by atoms with Crippen LogP contribution in [0.5, 0.6) is 0 Å². The highest BCUT2D eigenvalue weighted by Crippen LogP contribution is 2.33. The predicted octanol–water partition coefficient (Wildman–Crippen LogP) is 3.18. The maximum Gasteiger partial charge on any atom is 0.296 e. The van der Waals surface area contributed by atoms with Gasteiger partial charge in [-0.3, -0.25) is 4.18 Å². The number of likely N-dealkylation sites (tertiary alicyclic amines) is 1. The Morgan fingerprint density at radius 1 is 1.08 bits per heavy atom. The van der Waals surface area contributed by atoms with Crippen LogP contribution in [-0.4, -0.2) is 40.1 Å². The maximum absolute atomic E-state index is 13.2. The summed E-state index contributed by atoms with van der Waals surface area (Å²) >= 11 is 0. The first kappa shape index (κ1) is 18.0. The van der Waals surface area contributed by atoms with Gasteiger partial charge in [0.15, 0.2) is 0 Å². The van der Waals surface area contributed by atoms with Crippen LogP contribution in [0.15, 0.2) is 53.4 Å². The van der Waals surface area contributed by atoms with Gasteiger partial charge in [-0.25, -0.2) is 4.39 Å². The van der Waals surface area contributed by atoms with Crippen molar-refractivity contribution in [2.75, 3.05) is 26.7 Å². The fourth-order valence-corrected chi connectivity index (χ4v) is 4.25. The van der Waals surface area contributed by atoms with Crippen LogP contribution in [0.1, 0.15) is 17.0 Å². The first-order valence-electron chi connectivity index (χ1n) is 8.25. The highest BCUT2D eigenvalue weighted by atomic mass is 32.2. The van der Waals surface area contributed by atoms with Gasteiger partial charge in [0.2, 0.25) is 0 Å². The Morgan fingerprint density at radius 2 is 1.72 bits per heavy atom. The van der Waals surface area contributed by atoms with Crippen molar-refractivity contribution in [2.45, 2.75) is 17.7 Å². The van der Waals surface area contributed by atoms with Crippen molar-refractivity contribution in [3.8, 4) is 0 Å². The molecule has 134 valence electrons. The lowest BCUT2D eigenvalue weighted by atomic mass is 9.89. The fourth-order valence-electron chi connectivity index (χ4n) is 3.29. The van der Waals surface area contributed by atoms with Gasteiger partial charge in [-0.1, -0.05) is 29.8 Å². The number of hydrogen-bond donors (Lipinski definition) is 0. The van der Waals surface area contributed by atoms with Gasteiger partial charge in [0.25, 0.3) is 10.1 Å². The van der Waals surface area contributed by atoms with E-state index in [9.17, 15) is 12.8 Å². The monoisotopic (exact) mass is 363 g/mol. The number of benzene rings is 2. The molecular weight excluding hydrogens is 341 g/mol. The van der Waals surface area contributed by atoms with Crippen molar-refractivity contribution >= 4 is 10.1 Å². The van der Waals surface area contributed by atoms with Crippen LogP contribution >= 0.6 is 0 Å². The summed E-state index contributed by atoms with van der Waals surface area (Å²) in [7, 11) is -1.78. The zero-order chi connectivity index (χ0) is 18.0. The van der Waals surface area contributed by atoms with Gasteiger partial charge >= 0.3 is 0 Å². The number of halogens is 1. The Balaban J connectivity index is 1.72. The predicted molar refractivity (Wildman–Crippen MR) is 94.4 cm³/mol. The van der Waals surface area contributed by atoms with Crippen LogP contribution in [0, 0.1) is 18.7 Å². The van der Waals surface area contributed by atoms with E-state index in [-0.39, 0.29) is 29.2 Å². The molecular formula is C19H22FNO3S. The third-order valence-electron chi connectivity index (χ3n) is 4.67. The second-order valence-electron chi connectivity index (χ2n) is 6.69. The molecule has 1 saturated heterocycles. The first-order valence-corrected chi connectivity index (χ1v) is 9.66. The standard InChI is InChI=1S/C19H22FNO3S/c1-14-3-9-18(10-4-14)25(22,23)24-13-16-11-21(2)12-19(16)15-5-7-17(20)8-6-15/h3-10,16,19H,11-13H2,1-2H3. The summed E-state index contributed by atoms with van der Waals surface area (Å²) in [6, 6.07) is 13.0. The summed E-state index contributed by atoms with van der Waals surface area (Å²) in [5.41, 5.74) is 2.00. The van der Waals surface area contributed by atoms with E-state index in [2.05, 4.69) is 4.90 Å². The molecule has 1 aliphatic rings. The molecule has 1 fully saturated rings. The summed E-state index contributed by atoms with van der Waals surface area (Å²) in [4.78, 5) is 2.31. The summed E-state index contributed by atoms with van der Waals surface area (Å²) in [6.45, 7) is 3.55. The van der Waals surface area contributed by atoms with Crippen LogP contribution in [0.3, 0.4) is 0 Å². The van der Waals surface area contributed by atoms with E-state index in [1.165, 1.54) is 12.1 Å². The third-order valence-corrected chi connectivity index (χ3v) is 5.96. The van der Waals surface area contributed by atoms with E-state index in [1.807, 2.05) is 14.0 Å². The molecule has 0 radical (unpaired) electrons. The average molecular weight is 363 g/mol. The lowest BCUT2D eigenvalue weighted by Gasteiger charge is -2.18. The summed E-state index contributed by atoms with van der Waals surface area (Å²) in [5.74, 6) is -0.112. The minimum absolute atomic E-state index is 0.0377. The Kier molecular flexibility index (Phi) is 5.22. The maximum atomic E-state index is 13.2. The van der Waals surface area contributed by atoms with Crippen molar-refractivity contribution in [2.24, 2.45) is 5.92 Å². The SMILES string of the molecule is Cc1ccc(S(=O)(=O)OCC2CN(C)CC2c2ccc(F)cc2)cc1. The Hall–Kier alpha value is -1.76. The quantitative estimate of drug-likeness (QED) is 0.766. The molecule has 0 bridgehead atoms. The highest BCUT2D eigenvalue weighted by molar-refractivity contribution is 7.86. The van der Waals surface area contributed by atoms with Crippen LogP contribution in [0.25, 0.3) is 0 Å². The fraction of sp³-hybridized carbons (Fsp3) is 0.368. The second kappa shape index (κ2) is 7.23. The second-order valence-corrected chi connectivity index (χ2v) is 8.31. The summed E-state index contributed by atoms with van der Waals surface area (Å²) in [6.07, 6.45) is 0. The minimum Gasteiger partial charge on any atom is -0.305 e. The van der Waals surface area contributed by atoms with Gasteiger partial charge < -0.3 is 4.90 Å². The zero-order valence-corrected chi connectivity index (χ0v) is 15.2. The van der Waals surface area contributed by atoms with E-state index in [0.717, 1.165) is 24.2 Å². The average Bonchev–Trinajstić information content (AvgIpc) is 2.95. The summed E-state index contributed by atoms with van der Waals surface area (Å²) in [5, 5.41) is 0. The molecule has 0 amide bonds. The van der Waals surface area contributed by atoms with Crippen molar-refractivity contribution < 1.29 is 17.0 Å². The van der Waals surface area contributed by atoms with E-state index in [0.29, 0.717) is 0 Å².